The van der Waals surface area contributed by atoms with Crippen molar-refractivity contribution in [3.63, 3.8) is 0 Å². The lowest BCUT2D eigenvalue weighted by Crippen LogP contribution is -2.24. The maximum Gasteiger partial charge on any atom is 0.0233 e. The fourth-order valence-electron chi connectivity index (χ4n) is 3.92. The summed E-state index contributed by atoms with van der Waals surface area (Å²) in [4.78, 5) is 2.63. The average molecular weight is 276 g/mol. The van der Waals surface area contributed by atoms with Crippen LogP contribution in [0.1, 0.15) is 17.5 Å². The molecule has 2 atom stereocenters. The minimum Gasteiger partial charge on any atom is -0.298 e. The van der Waals surface area contributed by atoms with Crippen molar-refractivity contribution < 1.29 is 0 Å². The summed E-state index contributed by atoms with van der Waals surface area (Å²) < 4.78 is 0. The van der Waals surface area contributed by atoms with Gasteiger partial charge in [0.15, 0.2) is 0 Å². The molecular formula is C20H22N. The summed E-state index contributed by atoms with van der Waals surface area (Å²) in [5.74, 6) is 2.85. The Bertz CT molecular complexity index is 565. The number of rotatable bonds is 5. The molecule has 0 aromatic heterocycles. The quantitative estimate of drug-likeness (QED) is 0.797. The molecule has 0 N–H and O–H groups in total. The Labute approximate surface area is 127 Å². The van der Waals surface area contributed by atoms with Crippen LogP contribution in [0.15, 0.2) is 60.7 Å². The lowest BCUT2D eigenvalue weighted by molar-refractivity contribution is 0.277. The first-order chi connectivity index (χ1) is 10.4. The van der Waals surface area contributed by atoms with E-state index in [2.05, 4.69) is 72.0 Å². The standard InChI is InChI=1S/C20H22N/c1-3-7-16(8-4-1)11-12-18-19-14-21(15-20(18)19)13-17-9-5-2-6-10-17/h1-11,18-20H,12-15H2. The minimum atomic E-state index is 0.942. The fourth-order valence-corrected chi connectivity index (χ4v) is 3.92. The van der Waals surface area contributed by atoms with Gasteiger partial charge in [-0.2, -0.15) is 0 Å². The highest BCUT2D eigenvalue weighted by Crippen LogP contribution is 2.54. The number of likely N-dealkylation sites (tertiary alicyclic amines) is 1. The van der Waals surface area contributed by atoms with Gasteiger partial charge in [-0.3, -0.25) is 4.90 Å². The predicted octanol–water partition coefficient (Wildman–Crippen LogP) is 4.01. The van der Waals surface area contributed by atoms with Gasteiger partial charge in [0.25, 0.3) is 0 Å². The Morgan fingerprint density at radius 2 is 1.48 bits per heavy atom. The Balaban J connectivity index is 1.24. The molecule has 0 bridgehead atoms. The molecule has 2 aromatic carbocycles. The van der Waals surface area contributed by atoms with Crippen LogP contribution >= 0.6 is 0 Å². The lowest BCUT2D eigenvalue weighted by Gasteiger charge is -2.19. The SMILES string of the molecule is [CH](CC1C2CN(Cc3ccccc3)CC12)c1ccccc1. The molecule has 1 aliphatic carbocycles. The van der Waals surface area contributed by atoms with Gasteiger partial charge in [-0.25, -0.2) is 0 Å². The normalized spacial score (nSPS) is 27.5. The first kappa shape index (κ1) is 13.1. The second-order valence-electron chi connectivity index (χ2n) is 6.52. The van der Waals surface area contributed by atoms with E-state index >= 15 is 0 Å². The average Bonchev–Trinajstić information content (AvgIpc) is 2.99. The Hall–Kier alpha value is -1.60. The van der Waals surface area contributed by atoms with E-state index in [1.54, 1.807) is 0 Å². The van der Waals surface area contributed by atoms with E-state index in [1.807, 2.05) is 0 Å². The summed E-state index contributed by atoms with van der Waals surface area (Å²) in [6.07, 6.45) is 3.68. The molecule has 0 spiro atoms. The minimum absolute atomic E-state index is 0.942. The van der Waals surface area contributed by atoms with Crippen LogP contribution in [0.4, 0.5) is 0 Å². The third kappa shape index (κ3) is 2.89. The highest BCUT2D eigenvalue weighted by atomic mass is 15.2. The summed E-state index contributed by atoms with van der Waals surface area (Å²) in [6.45, 7) is 3.72. The first-order valence-corrected chi connectivity index (χ1v) is 8.05. The van der Waals surface area contributed by atoms with Crippen molar-refractivity contribution in [3.8, 4) is 0 Å². The molecular weight excluding hydrogens is 254 g/mol. The van der Waals surface area contributed by atoms with Gasteiger partial charge < -0.3 is 0 Å². The number of benzene rings is 2. The number of piperidine rings is 1. The zero-order chi connectivity index (χ0) is 14.1. The molecule has 2 aromatic rings. The molecule has 1 saturated carbocycles. The van der Waals surface area contributed by atoms with Crippen LogP contribution in [0.5, 0.6) is 0 Å². The molecule has 1 aliphatic heterocycles. The Morgan fingerprint density at radius 3 is 2.14 bits per heavy atom. The third-order valence-electron chi connectivity index (χ3n) is 5.12. The molecule has 1 nitrogen and oxygen atoms in total. The highest BCUT2D eigenvalue weighted by molar-refractivity contribution is 5.24. The van der Waals surface area contributed by atoms with Crippen molar-refractivity contribution in [1.29, 1.82) is 0 Å². The zero-order valence-corrected chi connectivity index (χ0v) is 12.4. The van der Waals surface area contributed by atoms with Gasteiger partial charge in [0.05, 0.1) is 0 Å². The largest absolute Gasteiger partial charge is 0.298 e. The monoisotopic (exact) mass is 276 g/mol. The van der Waals surface area contributed by atoms with Gasteiger partial charge in [0.2, 0.25) is 0 Å². The Morgan fingerprint density at radius 1 is 0.857 bits per heavy atom. The van der Waals surface area contributed by atoms with Gasteiger partial charge >= 0.3 is 0 Å². The smallest absolute Gasteiger partial charge is 0.0233 e. The predicted molar refractivity (Wildman–Crippen MR) is 86.7 cm³/mol. The van der Waals surface area contributed by atoms with Gasteiger partial charge in [-0.05, 0) is 41.7 Å². The van der Waals surface area contributed by atoms with Crippen molar-refractivity contribution in [3.05, 3.63) is 78.2 Å². The van der Waals surface area contributed by atoms with Crippen molar-refractivity contribution >= 4 is 0 Å². The second-order valence-corrected chi connectivity index (χ2v) is 6.52. The van der Waals surface area contributed by atoms with E-state index in [-0.39, 0.29) is 0 Å². The molecule has 1 heterocycles. The summed E-state index contributed by atoms with van der Waals surface area (Å²) >= 11 is 0. The number of hydrogen-bond donors (Lipinski definition) is 0. The van der Waals surface area contributed by atoms with Gasteiger partial charge in [0.1, 0.15) is 0 Å². The van der Waals surface area contributed by atoms with E-state index in [0.29, 0.717) is 0 Å². The molecule has 21 heavy (non-hydrogen) atoms. The molecule has 107 valence electrons. The van der Waals surface area contributed by atoms with Gasteiger partial charge in [-0.1, -0.05) is 60.7 Å². The summed E-state index contributed by atoms with van der Waals surface area (Å²) in [6, 6.07) is 21.6. The topological polar surface area (TPSA) is 3.24 Å². The van der Waals surface area contributed by atoms with Gasteiger partial charge in [-0.15, -0.1) is 0 Å². The fraction of sp³-hybridized carbons (Fsp3) is 0.350. The summed E-state index contributed by atoms with van der Waals surface area (Å²) in [7, 11) is 0. The summed E-state index contributed by atoms with van der Waals surface area (Å²) in [5, 5.41) is 0. The van der Waals surface area contributed by atoms with E-state index in [9.17, 15) is 0 Å². The van der Waals surface area contributed by atoms with Crippen LogP contribution < -0.4 is 0 Å². The molecule has 1 radical (unpaired) electrons. The lowest BCUT2D eigenvalue weighted by atomic mass is 10.1. The third-order valence-corrected chi connectivity index (χ3v) is 5.12. The van der Waals surface area contributed by atoms with Gasteiger partial charge in [0, 0.05) is 19.6 Å². The zero-order valence-electron chi connectivity index (χ0n) is 12.4. The van der Waals surface area contributed by atoms with Crippen molar-refractivity contribution in [2.45, 2.75) is 13.0 Å². The van der Waals surface area contributed by atoms with E-state index < -0.39 is 0 Å². The van der Waals surface area contributed by atoms with Crippen molar-refractivity contribution in [2.75, 3.05) is 13.1 Å². The maximum absolute atomic E-state index is 2.63. The molecule has 0 amide bonds. The number of nitrogens with zero attached hydrogens (tertiary/aromatic N) is 1. The number of hydrogen-bond acceptors (Lipinski definition) is 1. The van der Waals surface area contributed by atoms with Crippen LogP contribution in [0, 0.1) is 24.2 Å². The molecule has 1 saturated heterocycles. The molecule has 2 fully saturated rings. The van der Waals surface area contributed by atoms with E-state index in [4.69, 9.17) is 0 Å². The summed E-state index contributed by atoms with van der Waals surface area (Å²) in [5.41, 5.74) is 2.83. The van der Waals surface area contributed by atoms with Crippen molar-refractivity contribution in [1.82, 2.24) is 4.90 Å². The van der Waals surface area contributed by atoms with Crippen LogP contribution in [-0.2, 0) is 6.54 Å². The second kappa shape index (κ2) is 5.65. The molecule has 2 unspecified atom stereocenters. The molecule has 1 heteroatoms. The van der Waals surface area contributed by atoms with Crippen LogP contribution in [0.3, 0.4) is 0 Å². The van der Waals surface area contributed by atoms with E-state index in [1.165, 1.54) is 30.6 Å². The van der Waals surface area contributed by atoms with E-state index in [0.717, 1.165) is 24.3 Å². The van der Waals surface area contributed by atoms with Crippen LogP contribution in [0.25, 0.3) is 0 Å². The molecule has 4 rings (SSSR count). The van der Waals surface area contributed by atoms with Crippen LogP contribution in [-0.4, -0.2) is 18.0 Å². The number of fused-ring (bicyclic) bond motifs is 1. The van der Waals surface area contributed by atoms with Crippen molar-refractivity contribution in [2.24, 2.45) is 17.8 Å². The Kier molecular flexibility index (Phi) is 3.52. The first-order valence-electron chi connectivity index (χ1n) is 8.05. The maximum atomic E-state index is 2.63. The highest BCUT2D eigenvalue weighted by Gasteiger charge is 2.54. The van der Waals surface area contributed by atoms with Crippen LogP contribution in [0.2, 0.25) is 0 Å². The molecule has 2 aliphatic rings.